The Morgan fingerprint density at radius 1 is 1.14 bits per heavy atom. The van der Waals surface area contributed by atoms with E-state index in [4.69, 9.17) is 4.74 Å². The number of aromatic nitrogens is 1. The first-order valence-electron chi connectivity index (χ1n) is 9.96. The smallest absolute Gasteiger partial charge is 0.239 e. The number of rotatable bonds is 8. The highest BCUT2D eigenvalue weighted by atomic mass is 16.5. The topological polar surface area (TPSA) is 63.6 Å². The lowest BCUT2D eigenvalue weighted by Gasteiger charge is -2.27. The van der Waals surface area contributed by atoms with Crippen LogP contribution in [0.3, 0.4) is 0 Å². The number of nitrogens with one attached hydrogen (secondary N) is 1. The molecule has 0 atom stereocenters. The number of nitrogens with zero attached hydrogens (tertiary/aromatic N) is 2. The number of likely N-dealkylation sites (tertiary alicyclic amines) is 1. The molecule has 1 aliphatic rings. The Bertz CT molecular complexity index is 827. The van der Waals surface area contributed by atoms with Gasteiger partial charge in [-0.3, -0.25) is 14.5 Å². The molecule has 2 heterocycles. The van der Waals surface area contributed by atoms with E-state index in [1.165, 1.54) is 31.9 Å². The van der Waals surface area contributed by atoms with E-state index in [9.17, 15) is 9.59 Å². The van der Waals surface area contributed by atoms with Crippen LogP contribution in [-0.4, -0.2) is 42.1 Å². The van der Waals surface area contributed by atoms with Gasteiger partial charge in [0.1, 0.15) is 6.54 Å². The molecule has 6 heteroatoms. The van der Waals surface area contributed by atoms with Crippen molar-refractivity contribution in [3.05, 3.63) is 64.1 Å². The maximum Gasteiger partial charge on any atom is 0.239 e. The second-order valence-corrected chi connectivity index (χ2v) is 7.25. The number of carbonyl (C=O) groups excluding carboxylic acids is 1. The Balaban J connectivity index is 1.64. The molecule has 1 amide bonds. The molecule has 1 saturated heterocycles. The minimum Gasteiger partial charge on any atom is -0.491 e. The van der Waals surface area contributed by atoms with E-state index in [-0.39, 0.29) is 23.6 Å². The van der Waals surface area contributed by atoms with E-state index in [0.717, 1.165) is 25.2 Å². The van der Waals surface area contributed by atoms with E-state index in [1.54, 1.807) is 12.3 Å². The fourth-order valence-electron chi connectivity index (χ4n) is 3.58. The van der Waals surface area contributed by atoms with Crippen LogP contribution < -0.4 is 15.5 Å². The number of benzene rings is 1. The second kappa shape index (κ2) is 10.1. The first-order chi connectivity index (χ1) is 13.7. The summed E-state index contributed by atoms with van der Waals surface area (Å²) < 4.78 is 7.01. The van der Waals surface area contributed by atoms with Crippen molar-refractivity contribution in [2.24, 2.45) is 0 Å². The van der Waals surface area contributed by atoms with Gasteiger partial charge in [0.25, 0.3) is 0 Å². The molecule has 1 aromatic carbocycles. The van der Waals surface area contributed by atoms with Crippen molar-refractivity contribution in [3.8, 4) is 5.75 Å². The summed E-state index contributed by atoms with van der Waals surface area (Å²) in [6, 6.07) is 11.7. The average Bonchev–Trinajstić information content (AvgIpc) is 2.71. The van der Waals surface area contributed by atoms with Crippen LogP contribution >= 0.6 is 0 Å². The molecule has 6 nitrogen and oxygen atoms in total. The van der Waals surface area contributed by atoms with Crippen LogP contribution in [0.2, 0.25) is 0 Å². The molecule has 150 valence electrons. The summed E-state index contributed by atoms with van der Waals surface area (Å²) in [7, 11) is 1.48. The molecule has 1 N–H and O–H groups in total. The lowest BCUT2D eigenvalue weighted by atomic mass is 10.1. The summed E-state index contributed by atoms with van der Waals surface area (Å²) >= 11 is 0. The number of hydrogen-bond acceptors (Lipinski definition) is 4. The summed E-state index contributed by atoms with van der Waals surface area (Å²) in [5, 5.41) is 2.97. The van der Waals surface area contributed by atoms with Gasteiger partial charge in [-0.2, -0.15) is 0 Å². The molecule has 28 heavy (non-hydrogen) atoms. The number of carbonyl (C=O) groups is 1. The summed E-state index contributed by atoms with van der Waals surface area (Å²) in [5.41, 5.74) is 1.90. The Kier molecular flexibility index (Phi) is 7.25. The van der Waals surface area contributed by atoms with E-state index < -0.39 is 0 Å². The molecule has 1 aromatic heterocycles. The third-order valence-electron chi connectivity index (χ3n) is 5.13. The zero-order valence-corrected chi connectivity index (χ0v) is 16.5. The fraction of sp³-hybridized carbons (Fsp3) is 0.455. The third kappa shape index (κ3) is 5.70. The van der Waals surface area contributed by atoms with E-state index >= 15 is 0 Å². The van der Waals surface area contributed by atoms with Gasteiger partial charge in [0.05, 0.1) is 13.3 Å². The van der Waals surface area contributed by atoms with Crippen molar-refractivity contribution < 1.29 is 9.53 Å². The summed E-state index contributed by atoms with van der Waals surface area (Å²) in [5.74, 6) is 0.195. The summed E-state index contributed by atoms with van der Waals surface area (Å²) in [4.78, 5) is 27.0. The quantitative estimate of drug-likeness (QED) is 0.759. The van der Waals surface area contributed by atoms with E-state index in [1.807, 2.05) is 22.8 Å². The lowest BCUT2D eigenvalue weighted by Crippen LogP contribution is -2.34. The van der Waals surface area contributed by atoms with Crippen LogP contribution in [0.15, 0.2) is 47.4 Å². The third-order valence-corrected chi connectivity index (χ3v) is 5.13. The largest absolute Gasteiger partial charge is 0.491 e. The van der Waals surface area contributed by atoms with Gasteiger partial charge < -0.3 is 14.6 Å². The molecular formula is C22H29N3O3. The summed E-state index contributed by atoms with van der Waals surface area (Å²) in [6.07, 6.45) is 6.07. The Morgan fingerprint density at radius 3 is 2.61 bits per heavy atom. The molecule has 0 saturated carbocycles. The molecule has 2 aromatic rings. The molecule has 0 unspecified atom stereocenters. The molecule has 1 fully saturated rings. The van der Waals surface area contributed by atoms with Gasteiger partial charge in [-0.1, -0.05) is 36.8 Å². The first-order valence-corrected chi connectivity index (χ1v) is 9.96. The molecule has 0 radical (unpaired) electrons. The number of ether oxygens (including phenoxy) is 1. The van der Waals surface area contributed by atoms with E-state index in [0.29, 0.717) is 13.1 Å². The first kappa shape index (κ1) is 20.1. The molecule has 0 bridgehead atoms. The van der Waals surface area contributed by atoms with Crippen LogP contribution in [0.5, 0.6) is 5.75 Å². The lowest BCUT2D eigenvalue weighted by molar-refractivity contribution is -0.121. The van der Waals surface area contributed by atoms with Crippen LogP contribution in [-0.2, 0) is 24.3 Å². The molecule has 0 spiro atoms. The van der Waals surface area contributed by atoms with Crippen molar-refractivity contribution in [2.45, 2.75) is 38.8 Å². The van der Waals surface area contributed by atoms with Gasteiger partial charge in [-0.25, -0.2) is 0 Å². The zero-order valence-electron chi connectivity index (χ0n) is 16.5. The van der Waals surface area contributed by atoms with Gasteiger partial charge in [-0.05, 0) is 37.9 Å². The van der Waals surface area contributed by atoms with Gasteiger partial charge in [0.15, 0.2) is 5.75 Å². The van der Waals surface area contributed by atoms with Crippen molar-refractivity contribution in [2.75, 3.05) is 26.7 Å². The maximum absolute atomic E-state index is 12.5. The normalized spacial score (nSPS) is 14.6. The minimum absolute atomic E-state index is 0.0680. The van der Waals surface area contributed by atoms with Crippen LogP contribution in [0.4, 0.5) is 0 Å². The van der Waals surface area contributed by atoms with Crippen molar-refractivity contribution in [1.82, 2.24) is 14.8 Å². The van der Waals surface area contributed by atoms with Crippen molar-refractivity contribution >= 4 is 5.91 Å². The second-order valence-electron chi connectivity index (χ2n) is 7.25. The van der Waals surface area contributed by atoms with Crippen LogP contribution in [0, 0.1) is 0 Å². The zero-order chi connectivity index (χ0) is 19.8. The standard InChI is InChI=1S/C22H29N3O3/c1-28-21-16-25(17-22(27)23-11-10-18-8-4-2-5-9-18)19(14-20(21)26)15-24-12-6-3-7-13-24/h2,4-5,8-9,14,16H,3,6-7,10-13,15,17H2,1H3,(H,23,27). The van der Waals surface area contributed by atoms with Gasteiger partial charge in [-0.15, -0.1) is 0 Å². The Hall–Kier alpha value is -2.60. The van der Waals surface area contributed by atoms with Crippen LogP contribution in [0.25, 0.3) is 0 Å². The molecule has 3 rings (SSSR count). The monoisotopic (exact) mass is 383 g/mol. The Labute approximate surface area is 166 Å². The number of methoxy groups -OCH3 is 1. The number of pyridine rings is 1. The highest BCUT2D eigenvalue weighted by molar-refractivity contribution is 5.75. The summed E-state index contributed by atoms with van der Waals surface area (Å²) in [6.45, 7) is 3.50. The predicted octanol–water partition coefficient (Wildman–Crippen LogP) is 2.20. The highest BCUT2D eigenvalue weighted by Gasteiger charge is 2.15. The van der Waals surface area contributed by atoms with Crippen molar-refractivity contribution in [3.63, 3.8) is 0 Å². The van der Waals surface area contributed by atoms with Gasteiger partial charge in [0.2, 0.25) is 11.3 Å². The minimum atomic E-state index is -0.143. The molecule has 1 aliphatic heterocycles. The number of piperidine rings is 1. The number of amides is 1. The van der Waals surface area contributed by atoms with Gasteiger partial charge in [0, 0.05) is 24.8 Å². The van der Waals surface area contributed by atoms with E-state index in [2.05, 4.69) is 22.3 Å². The highest BCUT2D eigenvalue weighted by Crippen LogP contribution is 2.14. The SMILES string of the molecule is COc1cn(CC(=O)NCCc2ccccc2)c(CN2CCCCC2)cc1=O. The average molecular weight is 383 g/mol. The van der Waals surface area contributed by atoms with Gasteiger partial charge >= 0.3 is 0 Å². The van der Waals surface area contributed by atoms with Crippen molar-refractivity contribution in [1.29, 1.82) is 0 Å². The number of hydrogen-bond donors (Lipinski definition) is 1. The molecule has 0 aliphatic carbocycles. The van der Waals surface area contributed by atoms with Crippen LogP contribution in [0.1, 0.15) is 30.5 Å². The predicted molar refractivity (Wildman–Crippen MR) is 110 cm³/mol. The molecular weight excluding hydrogens is 354 g/mol. The fourth-order valence-corrected chi connectivity index (χ4v) is 3.58. The maximum atomic E-state index is 12.5. The Morgan fingerprint density at radius 2 is 1.89 bits per heavy atom.